The molecule has 0 unspecified atom stereocenters. The van der Waals surface area contributed by atoms with Gasteiger partial charge in [0.25, 0.3) is 0 Å². The maximum atomic E-state index is 5.89. The number of nitrogens with one attached hydrogen (secondary N) is 2. The van der Waals surface area contributed by atoms with Gasteiger partial charge in [-0.2, -0.15) is 10.1 Å². The van der Waals surface area contributed by atoms with Gasteiger partial charge >= 0.3 is 0 Å². The Morgan fingerprint density at radius 2 is 1.73 bits per heavy atom. The van der Waals surface area contributed by atoms with Crippen LogP contribution >= 0.6 is 11.6 Å². The Hall–Kier alpha value is -1.88. The first-order chi connectivity index (χ1) is 10.8. The predicted octanol–water partition coefficient (Wildman–Crippen LogP) is 4.40. The standard InChI is InChI=1S/C16H20ClN5/c17-12-7-9-14(10-8-12)19-15-11-18-22-16(21-15)20-13-5-3-1-2-4-6-13/h7-11,13H,1-6H2,(H2,19,20,21,22). The fourth-order valence-electron chi connectivity index (χ4n) is 2.71. The lowest BCUT2D eigenvalue weighted by Crippen LogP contribution is -2.20. The van der Waals surface area contributed by atoms with E-state index < -0.39 is 0 Å². The van der Waals surface area contributed by atoms with E-state index in [4.69, 9.17) is 11.6 Å². The Labute approximate surface area is 135 Å². The number of hydrogen-bond donors (Lipinski definition) is 2. The van der Waals surface area contributed by atoms with E-state index in [0.29, 0.717) is 22.8 Å². The second-order valence-corrected chi connectivity index (χ2v) is 6.07. The number of halogens is 1. The maximum absolute atomic E-state index is 5.89. The first-order valence-corrected chi connectivity index (χ1v) is 8.16. The normalized spacial score (nSPS) is 16.0. The van der Waals surface area contributed by atoms with Crippen molar-refractivity contribution < 1.29 is 0 Å². The zero-order valence-corrected chi connectivity index (χ0v) is 13.2. The summed E-state index contributed by atoms with van der Waals surface area (Å²) < 4.78 is 0. The van der Waals surface area contributed by atoms with Gasteiger partial charge in [0.2, 0.25) is 5.95 Å². The molecule has 0 atom stereocenters. The van der Waals surface area contributed by atoms with Crippen LogP contribution in [0.15, 0.2) is 30.5 Å². The third kappa shape index (κ3) is 4.31. The van der Waals surface area contributed by atoms with E-state index >= 15 is 0 Å². The molecular weight excluding hydrogens is 298 g/mol. The highest BCUT2D eigenvalue weighted by Gasteiger charge is 2.13. The van der Waals surface area contributed by atoms with Crippen LogP contribution in [0, 0.1) is 0 Å². The molecule has 1 aromatic heterocycles. The second-order valence-electron chi connectivity index (χ2n) is 5.63. The Kier molecular flexibility index (Phi) is 5.06. The lowest BCUT2D eigenvalue weighted by molar-refractivity contribution is 0.613. The highest BCUT2D eigenvalue weighted by atomic mass is 35.5. The molecule has 116 valence electrons. The largest absolute Gasteiger partial charge is 0.350 e. The third-order valence-corrected chi connectivity index (χ3v) is 4.12. The molecule has 0 bridgehead atoms. The van der Waals surface area contributed by atoms with Crippen LogP contribution in [0.3, 0.4) is 0 Å². The number of anilines is 3. The lowest BCUT2D eigenvalue weighted by Gasteiger charge is -2.16. The summed E-state index contributed by atoms with van der Waals surface area (Å²) in [6.45, 7) is 0. The number of hydrogen-bond acceptors (Lipinski definition) is 5. The van der Waals surface area contributed by atoms with Crippen LogP contribution in [-0.2, 0) is 0 Å². The van der Waals surface area contributed by atoms with Crippen LogP contribution in [0.4, 0.5) is 17.5 Å². The van der Waals surface area contributed by atoms with Crippen molar-refractivity contribution in [1.29, 1.82) is 0 Å². The average Bonchev–Trinajstić information content (AvgIpc) is 2.79. The molecule has 22 heavy (non-hydrogen) atoms. The van der Waals surface area contributed by atoms with Gasteiger partial charge in [-0.25, -0.2) is 0 Å². The van der Waals surface area contributed by atoms with E-state index in [2.05, 4.69) is 25.8 Å². The van der Waals surface area contributed by atoms with Crippen molar-refractivity contribution in [2.75, 3.05) is 10.6 Å². The molecule has 1 aliphatic rings. The molecule has 6 heteroatoms. The van der Waals surface area contributed by atoms with E-state index in [1.165, 1.54) is 38.5 Å². The van der Waals surface area contributed by atoms with Crippen molar-refractivity contribution in [3.8, 4) is 0 Å². The topological polar surface area (TPSA) is 62.7 Å². The first-order valence-electron chi connectivity index (χ1n) is 7.78. The molecule has 1 aliphatic carbocycles. The third-order valence-electron chi connectivity index (χ3n) is 3.86. The molecule has 2 aromatic rings. The first kappa shape index (κ1) is 15.0. The summed E-state index contributed by atoms with van der Waals surface area (Å²) in [6, 6.07) is 7.94. The van der Waals surface area contributed by atoms with Crippen molar-refractivity contribution in [3.63, 3.8) is 0 Å². The highest BCUT2D eigenvalue weighted by molar-refractivity contribution is 6.30. The highest BCUT2D eigenvalue weighted by Crippen LogP contribution is 2.21. The number of aromatic nitrogens is 3. The molecule has 0 radical (unpaired) electrons. The van der Waals surface area contributed by atoms with E-state index in [-0.39, 0.29) is 0 Å². The summed E-state index contributed by atoms with van der Waals surface area (Å²) in [7, 11) is 0. The van der Waals surface area contributed by atoms with Crippen molar-refractivity contribution in [2.24, 2.45) is 0 Å². The van der Waals surface area contributed by atoms with E-state index in [9.17, 15) is 0 Å². The van der Waals surface area contributed by atoms with Crippen LogP contribution in [0.25, 0.3) is 0 Å². The van der Waals surface area contributed by atoms with Crippen LogP contribution in [0.1, 0.15) is 38.5 Å². The minimum absolute atomic E-state index is 0.454. The van der Waals surface area contributed by atoms with Gasteiger partial charge in [-0.1, -0.05) is 37.3 Å². The zero-order valence-electron chi connectivity index (χ0n) is 12.4. The van der Waals surface area contributed by atoms with Crippen LogP contribution in [0.2, 0.25) is 5.02 Å². The Morgan fingerprint density at radius 1 is 1.00 bits per heavy atom. The number of nitrogens with zero attached hydrogens (tertiary/aromatic N) is 3. The van der Waals surface area contributed by atoms with Crippen LogP contribution in [-0.4, -0.2) is 21.2 Å². The van der Waals surface area contributed by atoms with Crippen molar-refractivity contribution >= 4 is 29.1 Å². The van der Waals surface area contributed by atoms with Gasteiger partial charge in [-0.15, -0.1) is 5.10 Å². The molecule has 1 heterocycles. The quantitative estimate of drug-likeness (QED) is 0.818. The van der Waals surface area contributed by atoms with Crippen LogP contribution < -0.4 is 10.6 Å². The molecule has 0 spiro atoms. The summed E-state index contributed by atoms with van der Waals surface area (Å²) in [5, 5.41) is 15.4. The van der Waals surface area contributed by atoms with Gasteiger partial charge in [-0.05, 0) is 37.1 Å². The van der Waals surface area contributed by atoms with Crippen molar-refractivity contribution in [1.82, 2.24) is 15.2 Å². The Morgan fingerprint density at radius 3 is 2.45 bits per heavy atom. The predicted molar refractivity (Wildman–Crippen MR) is 89.7 cm³/mol. The van der Waals surface area contributed by atoms with Gasteiger partial charge in [-0.3, -0.25) is 0 Å². The molecule has 3 rings (SSSR count). The monoisotopic (exact) mass is 317 g/mol. The fourth-order valence-corrected chi connectivity index (χ4v) is 2.84. The Bertz CT molecular complexity index is 594. The van der Waals surface area contributed by atoms with Gasteiger partial charge in [0.15, 0.2) is 5.82 Å². The molecule has 0 amide bonds. The minimum atomic E-state index is 0.454. The van der Waals surface area contributed by atoms with E-state index in [1.807, 2.05) is 24.3 Å². The SMILES string of the molecule is Clc1ccc(Nc2cnnc(NC3CCCCCC3)n2)cc1. The molecule has 0 saturated heterocycles. The molecule has 1 saturated carbocycles. The molecule has 5 nitrogen and oxygen atoms in total. The molecular formula is C16H20ClN5. The summed E-state index contributed by atoms with van der Waals surface area (Å²) in [4.78, 5) is 4.49. The average molecular weight is 318 g/mol. The molecule has 0 aliphatic heterocycles. The minimum Gasteiger partial charge on any atom is -0.350 e. The van der Waals surface area contributed by atoms with Crippen molar-refractivity contribution in [2.45, 2.75) is 44.6 Å². The van der Waals surface area contributed by atoms with E-state index in [0.717, 1.165) is 5.69 Å². The molecule has 2 N–H and O–H groups in total. The maximum Gasteiger partial charge on any atom is 0.244 e. The lowest BCUT2D eigenvalue weighted by atomic mass is 10.1. The van der Waals surface area contributed by atoms with Gasteiger partial charge < -0.3 is 10.6 Å². The van der Waals surface area contributed by atoms with Gasteiger partial charge in [0.1, 0.15) is 0 Å². The summed E-state index contributed by atoms with van der Waals surface area (Å²) in [6.07, 6.45) is 9.18. The fraction of sp³-hybridized carbons (Fsp3) is 0.438. The summed E-state index contributed by atoms with van der Waals surface area (Å²) >= 11 is 5.89. The molecule has 1 aromatic carbocycles. The Balaban J connectivity index is 1.65. The zero-order chi connectivity index (χ0) is 15.2. The summed E-state index contributed by atoms with van der Waals surface area (Å²) in [5.41, 5.74) is 0.922. The van der Waals surface area contributed by atoms with Crippen LogP contribution in [0.5, 0.6) is 0 Å². The summed E-state index contributed by atoms with van der Waals surface area (Å²) in [5.74, 6) is 1.26. The smallest absolute Gasteiger partial charge is 0.244 e. The number of rotatable bonds is 4. The number of benzene rings is 1. The van der Waals surface area contributed by atoms with Gasteiger partial charge in [0.05, 0.1) is 6.20 Å². The molecule has 1 fully saturated rings. The van der Waals surface area contributed by atoms with Crippen molar-refractivity contribution in [3.05, 3.63) is 35.5 Å². The van der Waals surface area contributed by atoms with Gasteiger partial charge in [0, 0.05) is 16.8 Å². The van der Waals surface area contributed by atoms with E-state index in [1.54, 1.807) is 6.20 Å². The second kappa shape index (κ2) is 7.40.